The predicted molar refractivity (Wildman–Crippen MR) is 120 cm³/mol. The molecule has 7 heteroatoms. The monoisotopic (exact) mass is 414 g/mol. The van der Waals surface area contributed by atoms with Crippen LogP contribution in [-0.2, 0) is 4.79 Å². The Kier molecular flexibility index (Phi) is 7.77. The van der Waals surface area contributed by atoms with Gasteiger partial charge in [0, 0.05) is 29.9 Å². The number of carbonyl (C=O) groups is 1. The summed E-state index contributed by atoms with van der Waals surface area (Å²) in [5.41, 5.74) is 8.45. The number of hydrogen-bond acceptors (Lipinski definition) is 6. The van der Waals surface area contributed by atoms with Crippen molar-refractivity contribution in [3.63, 3.8) is 0 Å². The van der Waals surface area contributed by atoms with Crippen LogP contribution in [0.1, 0.15) is 32.6 Å². The number of pyridine rings is 1. The molecule has 1 aromatic carbocycles. The quantitative estimate of drug-likeness (QED) is 0.473. The molecule has 6 nitrogen and oxygen atoms in total. The maximum atomic E-state index is 12.6. The van der Waals surface area contributed by atoms with E-state index in [0.29, 0.717) is 23.9 Å². The van der Waals surface area contributed by atoms with Gasteiger partial charge >= 0.3 is 0 Å². The normalized spacial score (nSPS) is 16.2. The molecule has 29 heavy (non-hydrogen) atoms. The van der Waals surface area contributed by atoms with Gasteiger partial charge in [-0.2, -0.15) is 12.6 Å². The summed E-state index contributed by atoms with van der Waals surface area (Å²) >= 11 is 4.22. The Morgan fingerprint density at radius 2 is 1.97 bits per heavy atom. The van der Waals surface area contributed by atoms with E-state index in [0.717, 1.165) is 24.1 Å². The first-order chi connectivity index (χ1) is 14.1. The van der Waals surface area contributed by atoms with E-state index in [1.165, 1.54) is 12.8 Å². The zero-order valence-corrected chi connectivity index (χ0v) is 17.7. The van der Waals surface area contributed by atoms with Gasteiger partial charge in [-0.1, -0.05) is 43.2 Å². The Hall–Kier alpha value is -2.25. The summed E-state index contributed by atoms with van der Waals surface area (Å²) in [7, 11) is 0. The maximum absolute atomic E-state index is 12.6. The molecule has 0 aliphatic heterocycles. The van der Waals surface area contributed by atoms with Crippen molar-refractivity contribution in [3.8, 4) is 17.1 Å². The van der Waals surface area contributed by atoms with Crippen LogP contribution in [0.4, 0.5) is 5.69 Å². The van der Waals surface area contributed by atoms with Gasteiger partial charge < -0.3 is 21.1 Å². The molecule has 3 rings (SSSR count). The zero-order valence-electron chi connectivity index (χ0n) is 16.8. The van der Waals surface area contributed by atoms with Crippen LogP contribution in [0.25, 0.3) is 11.3 Å². The topological polar surface area (TPSA) is 89.3 Å². The molecule has 0 radical (unpaired) electrons. The molecule has 1 fully saturated rings. The number of thiol groups is 1. The fraction of sp³-hybridized carbons (Fsp3) is 0.455. The van der Waals surface area contributed by atoms with Crippen molar-refractivity contribution in [1.29, 1.82) is 0 Å². The van der Waals surface area contributed by atoms with Gasteiger partial charge in [0.2, 0.25) is 5.88 Å². The molecule has 1 aliphatic carbocycles. The third kappa shape index (κ3) is 6.11. The summed E-state index contributed by atoms with van der Waals surface area (Å²) in [6, 6.07) is 13.9. The van der Waals surface area contributed by atoms with Gasteiger partial charge in [-0.05, 0) is 31.9 Å². The standard InChI is InChI=1S/C22H30N4O2S/c1-15(21(27)25-18-9-5-6-10-18)28-22-20(24-13-17(23)14-29)12-11-19(26-22)16-7-3-2-4-8-16/h2-4,7-8,11-12,15,17-18,24,29H,5-6,9-10,13-14,23H2,1H3,(H,25,27)/t15-,17?/m1/s1. The van der Waals surface area contributed by atoms with Crippen LogP contribution >= 0.6 is 12.6 Å². The molecule has 1 unspecified atom stereocenters. The van der Waals surface area contributed by atoms with E-state index >= 15 is 0 Å². The second kappa shape index (κ2) is 10.5. The molecule has 1 saturated carbocycles. The lowest BCUT2D eigenvalue weighted by atomic mass is 10.1. The number of rotatable bonds is 9. The van der Waals surface area contributed by atoms with E-state index in [2.05, 4.69) is 28.2 Å². The SMILES string of the molecule is C[C@@H](Oc1nc(-c2ccccc2)ccc1NCC(N)CS)C(=O)NC1CCCC1. The molecule has 0 saturated heterocycles. The predicted octanol–water partition coefficient (Wildman–Crippen LogP) is 3.24. The van der Waals surface area contributed by atoms with Gasteiger partial charge in [0.25, 0.3) is 5.91 Å². The lowest BCUT2D eigenvalue weighted by Crippen LogP contribution is -2.41. The molecule has 1 heterocycles. The summed E-state index contributed by atoms with van der Waals surface area (Å²) in [6.07, 6.45) is 3.76. The minimum absolute atomic E-state index is 0.0944. The molecular weight excluding hydrogens is 384 g/mol. The van der Waals surface area contributed by atoms with Crippen molar-refractivity contribution in [1.82, 2.24) is 10.3 Å². The summed E-state index contributed by atoms with van der Waals surface area (Å²) in [5.74, 6) is 0.854. The molecule has 156 valence electrons. The minimum Gasteiger partial charge on any atom is -0.463 e. The van der Waals surface area contributed by atoms with Crippen molar-refractivity contribution in [2.75, 3.05) is 17.6 Å². The highest BCUT2D eigenvalue weighted by Crippen LogP contribution is 2.28. The number of benzene rings is 1. The van der Waals surface area contributed by atoms with Crippen molar-refractivity contribution < 1.29 is 9.53 Å². The fourth-order valence-electron chi connectivity index (χ4n) is 3.35. The maximum Gasteiger partial charge on any atom is 0.261 e. The van der Waals surface area contributed by atoms with Crippen LogP contribution in [0.3, 0.4) is 0 Å². The lowest BCUT2D eigenvalue weighted by Gasteiger charge is -2.20. The van der Waals surface area contributed by atoms with Gasteiger partial charge in [-0.25, -0.2) is 4.98 Å². The van der Waals surface area contributed by atoms with Crippen molar-refractivity contribution in [2.24, 2.45) is 5.73 Å². The van der Waals surface area contributed by atoms with E-state index in [1.807, 2.05) is 42.5 Å². The third-order valence-electron chi connectivity index (χ3n) is 5.08. The van der Waals surface area contributed by atoms with Gasteiger partial charge in [-0.15, -0.1) is 0 Å². The molecule has 4 N–H and O–H groups in total. The van der Waals surface area contributed by atoms with Crippen LogP contribution < -0.4 is 21.1 Å². The van der Waals surface area contributed by atoms with Crippen molar-refractivity contribution in [2.45, 2.75) is 50.8 Å². The molecular formula is C22H30N4O2S. The summed E-state index contributed by atoms with van der Waals surface area (Å²) in [5, 5.41) is 6.35. The van der Waals surface area contributed by atoms with E-state index < -0.39 is 6.10 Å². The molecule has 0 bridgehead atoms. The lowest BCUT2D eigenvalue weighted by molar-refractivity contribution is -0.128. The van der Waals surface area contributed by atoms with Crippen molar-refractivity contribution in [3.05, 3.63) is 42.5 Å². The Labute approximate surface area is 178 Å². The number of nitrogens with one attached hydrogen (secondary N) is 2. The smallest absolute Gasteiger partial charge is 0.261 e. The number of aromatic nitrogens is 1. The van der Waals surface area contributed by atoms with Crippen LogP contribution in [0.15, 0.2) is 42.5 Å². The number of amides is 1. The number of anilines is 1. The highest BCUT2D eigenvalue weighted by Gasteiger charge is 2.23. The molecule has 1 amide bonds. The second-order valence-electron chi connectivity index (χ2n) is 7.49. The molecule has 1 aromatic heterocycles. The summed E-state index contributed by atoms with van der Waals surface area (Å²) < 4.78 is 6.00. The Morgan fingerprint density at radius 3 is 2.66 bits per heavy atom. The minimum atomic E-state index is -0.645. The van der Waals surface area contributed by atoms with Crippen molar-refractivity contribution >= 4 is 24.2 Å². The van der Waals surface area contributed by atoms with E-state index in [4.69, 9.17) is 10.5 Å². The van der Waals surface area contributed by atoms with Gasteiger partial charge in [0.15, 0.2) is 6.10 Å². The van der Waals surface area contributed by atoms with Gasteiger partial charge in [0.1, 0.15) is 0 Å². The number of nitrogens with two attached hydrogens (primary N) is 1. The molecule has 2 atom stereocenters. The average Bonchev–Trinajstić information content (AvgIpc) is 3.26. The number of ether oxygens (including phenoxy) is 1. The van der Waals surface area contributed by atoms with Crippen LogP contribution in [0.5, 0.6) is 5.88 Å². The first-order valence-electron chi connectivity index (χ1n) is 10.2. The largest absolute Gasteiger partial charge is 0.463 e. The molecule has 1 aliphatic rings. The van der Waals surface area contributed by atoms with Crippen LogP contribution in [-0.4, -0.2) is 41.4 Å². The zero-order chi connectivity index (χ0) is 20.6. The van der Waals surface area contributed by atoms with E-state index in [1.54, 1.807) is 6.92 Å². The first-order valence-corrected chi connectivity index (χ1v) is 10.8. The first kappa shape index (κ1) is 21.5. The highest BCUT2D eigenvalue weighted by atomic mass is 32.1. The summed E-state index contributed by atoms with van der Waals surface area (Å²) in [6.45, 7) is 2.29. The van der Waals surface area contributed by atoms with Gasteiger partial charge in [0.05, 0.1) is 11.4 Å². The number of carbonyl (C=O) groups excluding carboxylic acids is 1. The molecule has 2 aromatic rings. The molecule has 0 spiro atoms. The fourth-order valence-corrected chi connectivity index (χ4v) is 3.48. The highest BCUT2D eigenvalue weighted by molar-refractivity contribution is 7.80. The Balaban J connectivity index is 1.77. The van der Waals surface area contributed by atoms with E-state index in [9.17, 15) is 4.79 Å². The number of nitrogens with zero attached hydrogens (tertiary/aromatic N) is 1. The van der Waals surface area contributed by atoms with E-state index in [-0.39, 0.29) is 18.0 Å². The summed E-state index contributed by atoms with van der Waals surface area (Å²) in [4.78, 5) is 17.2. The Bertz CT molecular complexity index is 797. The Morgan fingerprint density at radius 1 is 1.24 bits per heavy atom. The number of hydrogen-bond donors (Lipinski definition) is 4. The van der Waals surface area contributed by atoms with Crippen LogP contribution in [0.2, 0.25) is 0 Å². The second-order valence-corrected chi connectivity index (χ2v) is 7.85. The van der Waals surface area contributed by atoms with Gasteiger partial charge in [-0.3, -0.25) is 4.79 Å². The average molecular weight is 415 g/mol. The third-order valence-corrected chi connectivity index (χ3v) is 5.55. The van der Waals surface area contributed by atoms with Crippen LogP contribution in [0, 0.1) is 0 Å².